The van der Waals surface area contributed by atoms with Gasteiger partial charge in [0.15, 0.2) is 0 Å². The van der Waals surface area contributed by atoms with Crippen molar-refractivity contribution in [3.8, 4) is 11.1 Å². The lowest BCUT2D eigenvalue weighted by atomic mass is 9.70. The molecule has 0 fully saturated rings. The highest BCUT2D eigenvalue weighted by Gasteiger charge is 2.58. The van der Waals surface area contributed by atoms with E-state index in [0.717, 1.165) is 25.7 Å². The molecule has 11 aromatic carbocycles. The van der Waals surface area contributed by atoms with Crippen molar-refractivity contribution in [2.24, 2.45) is 0 Å². The van der Waals surface area contributed by atoms with Crippen LogP contribution in [0.3, 0.4) is 0 Å². The van der Waals surface area contributed by atoms with Crippen molar-refractivity contribution >= 4 is 85.4 Å². The second-order valence-electron chi connectivity index (χ2n) is 22.4. The first-order valence-corrected chi connectivity index (χ1v) is 35.5. The van der Waals surface area contributed by atoms with E-state index in [2.05, 4.69) is 317 Å². The maximum Gasteiger partial charge on any atom is 0.145 e. The summed E-state index contributed by atoms with van der Waals surface area (Å²) in [5, 5.41) is 16.7. The molecule has 0 aliphatic heterocycles. The zero-order valence-corrected chi connectivity index (χ0v) is 50.5. The highest BCUT2D eigenvalue weighted by molar-refractivity contribution is 8.03. The van der Waals surface area contributed by atoms with Gasteiger partial charge < -0.3 is 0 Å². The third-order valence-corrected chi connectivity index (χ3v) is 30.6. The van der Waals surface area contributed by atoms with Crippen molar-refractivity contribution < 1.29 is 0 Å². The fourth-order valence-electron chi connectivity index (χ4n) is 14.1. The van der Waals surface area contributed by atoms with Gasteiger partial charge in [0.25, 0.3) is 0 Å². The summed E-state index contributed by atoms with van der Waals surface area (Å²) in [6.45, 7) is 4.73. The van der Waals surface area contributed by atoms with Gasteiger partial charge in [-0.15, -0.1) is 0 Å². The Labute approximate surface area is 491 Å². The molecule has 0 nitrogen and oxygen atoms in total. The quantitative estimate of drug-likeness (QED) is 0.0469. The summed E-state index contributed by atoms with van der Waals surface area (Å²) in [5.74, 6) is 0. The molecule has 0 bridgehead atoms. The minimum atomic E-state index is -2.77. The molecule has 0 unspecified atom stereocenters. The van der Waals surface area contributed by atoms with Crippen LogP contribution >= 0.6 is 21.8 Å². The summed E-state index contributed by atoms with van der Waals surface area (Å²) in [7, 11) is -7.93. The van der Waals surface area contributed by atoms with Crippen molar-refractivity contribution in [2.75, 3.05) is 0 Å². The highest BCUT2D eigenvalue weighted by Crippen LogP contribution is 2.65. The Balaban J connectivity index is 1.31. The van der Waals surface area contributed by atoms with Gasteiger partial charge in [-0.1, -0.05) is 229 Å². The summed E-state index contributed by atoms with van der Waals surface area (Å²) >= 11 is 0. The molecule has 404 valence electrons. The SMILES string of the molecule is CCCCCCC1(CCCCCC)c2cc([P+](c3ccccc3)(c3ccccc3)c3ccccc3)ccc2-c2c1cc([P+](c1ccccc1)(c1ccccc1)c1ccccc1)cc2[P+](c1ccccc1)(c1ccccc1)c1ccccc1. The first-order chi connectivity index (χ1) is 40.6. The Bertz CT molecular complexity index is 3500. The second-order valence-corrected chi connectivity index (χ2v) is 32.5. The monoisotopic (exact) mass is 1120 g/mol. The van der Waals surface area contributed by atoms with Crippen molar-refractivity contribution in [1.82, 2.24) is 0 Å². The molecule has 0 aromatic heterocycles. The Hall–Kier alpha value is -7.29. The van der Waals surface area contributed by atoms with Gasteiger partial charge in [-0.25, -0.2) is 0 Å². The Morgan fingerprint density at radius 2 is 0.524 bits per heavy atom. The minimum absolute atomic E-state index is 0.300. The van der Waals surface area contributed by atoms with Gasteiger partial charge in [0.2, 0.25) is 0 Å². The predicted molar refractivity (Wildman–Crippen MR) is 365 cm³/mol. The first kappa shape index (κ1) is 55.3. The molecule has 0 saturated carbocycles. The number of unbranched alkanes of at least 4 members (excludes halogenated alkanes) is 6. The predicted octanol–water partition coefficient (Wildman–Crippen LogP) is 15.8. The van der Waals surface area contributed by atoms with Crippen LogP contribution < -0.4 is 63.7 Å². The van der Waals surface area contributed by atoms with Crippen LogP contribution in [0, 0.1) is 0 Å². The topological polar surface area (TPSA) is 0 Å². The second kappa shape index (κ2) is 25.1. The van der Waals surface area contributed by atoms with Crippen LogP contribution in [-0.2, 0) is 5.41 Å². The number of rotatable bonds is 22. The maximum absolute atomic E-state index is 2.84. The largest absolute Gasteiger partial charge is 0.145 e. The molecular weight excluding hydrogens is 1040 g/mol. The third-order valence-electron chi connectivity index (χ3n) is 17.7. The molecular formula is C79H76P3+3. The van der Waals surface area contributed by atoms with E-state index in [4.69, 9.17) is 0 Å². The van der Waals surface area contributed by atoms with Crippen molar-refractivity contribution in [3.63, 3.8) is 0 Å². The van der Waals surface area contributed by atoms with E-state index in [1.165, 1.54) is 124 Å². The normalized spacial score (nSPS) is 12.9. The summed E-state index contributed by atoms with van der Waals surface area (Å²) in [6.07, 6.45) is 11.8. The standard InChI is InChI=1S/C79H76P3/c1-3-5-7-36-58-79(59-37-8-6-4-2)75-60-72(80(63-38-18-9-19-39-63,64-40-20-10-21-41-64)65-42-22-11-23-43-65)56-57-74(75)78-76(79)61-73(81(66-44-24-12-25-45-66,67-46-26-13-27-47-67)68-48-28-14-29-49-68)62-77(78)82(69-50-30-15-31-51-69,70-52-32-16-33-53-70)71-54-34-17-35-55-71/h9-35,38-57,60-62H,3-8,36-37,58-59H2,1-2H3/q+3. The van der Waals surface area contributed by atoms with Crippen LogP contribution in [-0.4, -0.2) is 0 Å². The fraction of sp³-hybridized carbons (Fsp3) is 0.165. The Morgan fingerprint density at radius 3 is 0.829 bits per heavy atom. The van der Waals surface area contributed by atoms with Crippen LogP contribution in [0.15, 0.2) is 303 Å². The summed E-state index contributed by atoms with van der Waals surface area (Å²) in [4.78, 5) is 0. The van der Waals surface area contributed by atoms with E-state index in [1.807, 2.05) is 0 Å². The van der Waals surface area contributed by atoms with Gasteiger partial charge in [0, 0.05) is 17.0 Å². The number of benzene rings is 11. The van der Waals surface area contributed by atoms with E-state index < -0.39 is 21.8 Å². The molecule has 0 atom stereocenters. The molecule has 0 N–H and O–H groups in total. The van der Waals surface area contributed by atoms with Crippen LogP contribution in [0.2, 0.25) is 0 Å². The number of hydrogen-bond donors (Lipinski definition) is 0. The number of hydrogen-bond acceptors (Lipinski definition) is 0. The minimum Gasteiger partial charge on any atom is -0.0654 e. The fourth-order valence-corrected chi connectivity index (χ4v) is 27.3. The maximum atomic E-state index is 2.84. The smallest absolute Gasteiger partial charge is 0.0654 e. The molecule has 0 heterocycles. The van der Waals surface area contributed by atoms with E-state index in [0.29, 0.717) is 0 Å². The van der Waals surface area contributed by atoms with Crippen molar-refractivity contribution in [1.29, 1.82) is 0 Å². The summed E-state index contributed by atoms with van der Waals surface area (Å²) < 4.78 is 0. The zero-order chi connectivity index (χ0) is 55.7. The van der Waals surface area contributed by atoms with Gasteiger partial charge >= 0.3 is 0 Å². The Morgan fingerprint density at radius 1 is 0.244 bits per heavy atom. The van der Waals surface area contributed by atoms with Gasteiger partial charge in [-0.05, 0) is 163 Å². The average Bonchev–Trinajstić information content (AvgIpc) is 1.66. The molecule has 0 amide bonds. The van der Waals surface area contributed by atoms with Crippen molar-refractivity contribution in [3.05, 3.63) is 314 Å². The van der Waals surface area contributed by atoms with Crippen LogP contribution in [0.25, 0.3) is 11.1 Å². The van der Waals surface area contributed by atoms with Gasteiger partial charge in [0.05, 0.1) is 0 Å². The highest BCUT2D eigenvalue weighted by atomic mass is 31.2. The lowest BCUT2D eigenvalue weighted by molar-refractivity contribution is 0.401. The third kappa shape index (κ3) is 9.76. The van der Waals surface area contributed by atoms with Gasteiger partial charge in [-0.3, -0.25) is 0 Å². The van der Waals surface area contributed by atoms with Crippen molar-refractivity contribution in [2.45, 2.75) is 83.5 Å². The van der Waals surface area contributed by atoms with E-state index in [-0.39, 0.29) is 5.41 Å². The molecule has 82 heavy (non-hydrogen) atoms. The molecule has 12 rings (SSSR count). The van der Waals surface area contributed by atoms with E-state index >= 15 is 0 Å². The molecule has 0 saturated heterocycles. The van der Waals surface area contributed by atoms with Crippen LogP contribution in [0.1, 0.15) is 89.2 Å². The van der Waals surface area contributed by atoms with Crippen LogP contribution in [0.4, 0.5) is 0 Å². The molecule has 0 radical (unpaired) electrons. The summed E-state index contributed by atoms with van der Waals surface area (Å²) in [6, 6.07) is 118. The lowest BCUT2D eigenvalue weighted by Gasteiger charge is -2.36. The van der Waals surface area contributed by atoms with Gasteiger partial charge in [0.1, 0.15) is 85.4 Å². The summed E-state index contributed by atoms with van der Waals surface area (Å²) in [5.41, 5.74) is 5.62. The molecule has 0 spiro atoms. The first-order valence-electron chi connectivity index (χ1n) is 30.1. The zero-order valence-electron chi connectivity index (χ0n) is 47.8. The van der Waals surface area contributed by atoms with E-state index in [9.17, 15) is 0 Å². The molecule has 1 aliphatic rings. The molecule has 3 heteroatoms. The average molecular weight is 1120 g/mol. The van der Waals surface area contributed by atoms with Crippen LogP contribution in [0.5, 0.6) is 0 Å². The Kier molecular flexibility index (Phi) is 16.9. The molecule has 11 aromatic rings. The van der Waals surface area contributed by atoms with E-state index in [1.54, 1.807) is 0 Å². The molecule has 1 aliphatic carbocycles. The lowest BCUT2D eigenvalue weighted by Crippen LogP contribution is -2.44. The van der Waals surface area contributed by atoms with Gasteiger partial charge in [-0.2, -0.15) is 0 Å². The number of fused-ring (bicyclic) bond motifs is 3.